The van der Waals surface area contributed by atoms with Crippen LogP contribution in [0.25, 0.3) is 0 Å². The smallest absolute Gasteiger partial charge is 0.329 e. The third-order valence-electron chi connectivity index (χ3n) is 4.19. The van der Waals surface area contributed by atoms with Gasteiger partial charge in [0.05, 0.1) is 0 Å². The van der Waals surface area contributed by atoms with E-state index >= 15 is 0 Å². The predicted octanol–water partition coefficient (Wildman–Crippen LogP) is 0.932. The lowest BCUT2D eigenvalue weighted by Crippen LogP contribution is -2.36. The highest BCUT2D eigenvalue weighted by atomic mass is 35.5. The van der Waals surface area contributed by atoms with Gasteiger partial charge in [0, 0.05) is 31.5 Å². The van der Waals surface area contributed by atoms with Gasteiger partial charge < -0.3 is 4.84 Å². The fourth-order valence-electron chi connectivity index (χ4n) is 2.60. The molecule has 2 unspecified atom stereocenters. The molecule has 1 fully saturated rings. The van der Waals surface area contributed by atoms with E-state index in [1.807, 2.05) is 6.92 Å². The molecule has 2 atom stereocenters. The molecule has 2 heterocycles. The monoisotopic (exact) mass is 370 g/mol. The van der Waals surface area contributed by atoms with Crippen molar-refractivity contribution in [1.29, 1.82) is 0 Å². The highest BCUT2D eigenvalue weighted by molar-refractivity contribution is 6.30. The van der Waals surface area contributed by atoms with Crippen LogP contribution in [0.15, 0.2) is 12.2 Å². The summed E-state index contributed by atoms with van der Waals surface area (Å²) in [6.07, 6.45) is 3.89. The van der Waals surface area contributed by atoms with Crippen molar-refractivity contribution in [3.05, 3.63) is 12.2 Å². The first kappa shape index (κ1) is 19.1. The first-order chi connectivity index (χ1) is 11.8. The molecule has 0 spiro atoms. The van der Waals surface area contributed by atoms with Gasteiger partial charge in [0.25, 0.3) is 23.6 Å². The first-order valence-electron chi connectivity index (χ1n) is 8.08. The van der Waals surface area contributed by atoms with Gasteiger partial charge in [0.2, 0.25) is 0 Å². The molecule has 1 saturated heterocycles. The highest BCUT2D eigenvalue weighted by Crippen LogP contribution is 2.21. The van der Waals surface area contributed by atoms with Gasteiger partial charge in [-0.2, -0.15) is 0 Å². The normalized spacial score (nSPS) is 19.8. The summed E-state index contributed by atoms with van der Waals surface area (Å²) in [6, 6.07) is 0. The topological polar surface area (TPSA) is 101 Å². The van der Waals surface area contributed by atoms with Crippen LogP contribution in [0.4, 0.5) is 0 Å². The average molecular weight is 371 g/mol. The summed E-state index contributed by atoms with van der Waals surface area (Å²) in [7, 11) is 0. The second kappa shape index (κ2) is 8.24. The Balaban J connectivity index is 1.80. The summed E-state index contributed by atoms with van der Waals surface area (Å²) in [4.78, 5) is 63.8. The summed E-state index contributed by atoms with van der Waals surface area (Å²) in [5.41, 5.74) is 0. The number of halogens is 1. The number of carbonyl (C=O) groups excluding carboxylic acids is 5. The molecule has 0 aromatic carbocycles. The molecule has 2 rings (SSSR count). The molecule has 136 valence electrons. The van der Waals surface area contributed by atoms with E-state index in [2.05, 4.69) is 0 Å². The van der Waals surface area contributed by atoms with Crippen LogP contribution >= 0.6 is 11.6 Å². The van der Waals surface area contributed by atoms with Crippen molar-refractivity contribution in [3.63, 3.8) is 0 Å². The maximum atomic E-state index is 11.9. The predicted molar refractivity (Wildman–Crippen MR) is 85.7 cm³/mol. The molecule has 0 aromatic heterocycles. The highest BCUT2D eigenvalue weighted by Gasteiger charge is 2.34. The molecule has 8 nitrogen and oxygen atoms in total. The summed E-state index contributed by atoms with van der Waals surface area (Å²) in [6.45, 7) is 2.16. The first-order valence-corrected chi connectivity index (χ1v) is 8.52. The van der Waals surface area contributed by atoms with E-state index in [0.29, 0.717) is 17.9 Å². The van der Waals surface area contributed by atoms with Gasteiger partial charge in [0.15, 0.2) is 0 Å². The van der Waals surface area contributed by atoms with Crippen LogP contribution in [0, 0.1) is 5.92 Å². The minimum atomic E-state index is -1.03. The van der Waals surface area contributed by atoms with E-state index in [-0.39, 0.29) is 43.5 Å². The largest absolute Gasteiger partial charge is 0.350 e. The third kappa shape index (κ3) is 4.66. The van der Waals surface area contributed by atoms with Crippen molar-refractivity contribution in [3.8, 4) is 0 Å². The Hall–Kier alpha value is -2.22. The number of imide groups is 2. The zero-order valence-electron chi connectivity index (χ0n) is 13.8. The van der Waals surface area contributed by atoms with Crippen LogP contribution in [-0.4, -0.2) is 51.5 Å². The minimum absolute atomic E-state index is 0.0168. The number of amides is 4. The quantitative estimate of drug-likeness (QED) is 0.465. The molecule has 4 amide bonds. The van der Waals surface area contributed by atoms with Crippen LogP contribution in [0.1, 0.15) is 39.0 Å². The molecule has 2 aliphatic heterocycles. The Morgan fingerprint density at radius 3 is 2.20 bits per heavy atom. The van der Waals surface area contributed by atoms with Crippen molar-refractivity contribution in [2.75, 3.05) is 6.54 Å². The van der Waals surface area contributed by atoms with Gasteiger partial charge in [-0.1, -0.05) is 13.3 Å². The van der Waals surface area contributed by atoms with Crippen LogP contribution < -0.4 is 0 Å². The summed E-state index contributed by atoms with van der Waals surface area (Å²) in [5, 5.41) is -0.569. The average Bonchev–Trinajstić information content (AvgIpc) is 3.07. The summed E-state index contributed by atoms with van der Waals surface area (Å²) >= 11 is 6.00. The van der Waals surface area contributed by atoms with Crippen LogP contribution in [0.5, 0.6) is 0 Å². The number of carbonyl (C=O) groups is 5. The number of nitrogens with zero attached hydrogens (tertiary/aromatic N) is 2. The van der Waals surface area contributed by atoms with Gasteiger partial charge >= 0.3 is 5.97 Å². The Kier molecular flexibility index (Phi) is 6.30. The van der Waals surface area contributed by atoms with Crippen molar-refractivity contribution in [2.24, 2.45) is 5.92 Å². The number of hydroxylamine groups is 2. The molecule has 0 N–H and O–H groups in total. The Bertz CT molecular complexity index is 598. The lowest BCUT2D eigenvalue weighted by molar-refractivity contribution is -0.197. The molecule has 0 saturated carbocycles. The molecule has 0 aromatic rings. The molecule has 0 radical (unpaired) electrons. The van der Waals surface area contributed by atoms with E-state index in [9.17, 15) is 24.0 Å². The number of hydrogen-bond donors (Lipinski definition) is 0. The van der Waals surface area contributed by atoms with Gasteiger partial charge in [-0.15, -0.1) is 16.7 Å². The van der Waals surface area contributed by atoms with Gasteiger partial charge in [0.1, 0.15) is 5.38 Å². The van der Waals surface area contributed by atoms with Gasteiger partial charge in [-0.05, 0) is 18.8 Å². The second-order valence-corrected chi connectivity index (χ2v) is 6.46. The van der Waals surface area contributed by atoms with Gasteiger partial charge in [-0.3, -0.25) is 24.1 Å². The SMILES string of the molecule is CCC(CCC(Cl)C(=O)ON1C(=O)CCC1=O)CN1C(=O)C=CC1=O. The fourth-order valence-corrected chi connectivity index (χ4v) is 2.76. The van der Waals surface area contributed by atoms with E-state index < -0.39 is 23.2 Å². The number of hydrogen-bond acceptors (Lipinski definition) is 6. The summed E-state index contributed by atoms with van der Waals surface area (Å²) < 4.78 is 0. The van der Waals surface area contributed by atoms with E-state index in [1.165, 1.54) is 12.2 Å². The maximum Gasteiger partial charge on any atom is 0.350 e. The molecule has 0 aliphatic carbocycles. The van der Waals surface area contributed by atoms with Crippen LogP contribution in [-0.2, 0) is 28.8 Å². The van der Waals surface area contributed by atoms with E-state index in [0.717, 1.165) is 4.90 Å². The number of rotatable bonds is 8. The lowest BCUT2D eigenvalue weighted by Gasteiger charge is -2.22. The Morgan fingerprint density at radius 1 is 1.12 bits per heavy atom. The summed E-state index contributed by atoms with van der Waals surface area (Å²) in [5.74, 6) is -2.71. The minimum Gasteiger partial charge on any atom is -0.329 e. The standard InChI is InChI=1S/C16H19ClN2O6/c1-2-10(9-18-12(20)5-6-13(18)21)3-4-11(17)16(24)25-19-14(22)7-8-15(19)23/h5-6,10-11H,2-4,7-9H2,1H3. The van der Waals surface area contributed by atoms with Crippen molar-refractivity contribution >= 4 is 41.2 Å². The van der Waals surface area contributed by atoms with E-state index in [4.69, 9.17) is 16.4 Å². The number of alkyl halides is 1. The van der Waals surface area contributed by atoms with E-state index in [1.54, 1.807) is 0 Å². The third-order valence-corrected chi connectivity index (χ3v) is 4.59. The lowest BCUT2D eigenvalue weighted by atomic mass is 9.98. The molecule has 9 heteroatoms. The fraction of sp³-hybridized carbons (Fsp3) is 0.562. The van der Waals surface area contributed by atoms with Crippen LogP contribution in [0.2, 0.25) is 0 Å². The zero-order valence-corrected chi connectivity index (χ0v) is 14.5. The molecule has 2 aliphatic rings. The molecular formula is C16H19ClN2O6. The Labute approximate surface area is 149 Å². The van der Waals surface area contributed by atoms with Crippen molar-refractivity contribution in [2.45, 2.75) is 44.4 Å². The van der Waals surface area contributed by atoms with Crippen LogP contribution in [0.3, 0.4) is 0 Å². The molecule has 0 bridgehead atoms. The molecule has 25 heavy (non-hydrogen) atoms. The second-order valence-electron chi connectivity index (χ2n) is 5.93. The molecular weight excluding hydrogens is 352 g/mol. The Morgan fingerprint density at radius 2 is 1.68 bits per heavy atom. The van der Waals surface area contributed by atoms with Crippen molar-refractivity contribution in [1.82, 2.24) is 9.96 Å². The maximum absolute atomic E-state index is 11.9. The van der Waals surface area contributed by atoms with Crippen molar-refractivity contribution < 1.29 is 28.8 Å². The van der Waals surface area contributed by atoms with Gasteiger partial charge in [-0.25, -0.2) is 4.79 Å². The zero-order chi connectivity index (χ0) is 18.6.